The van der Waals surface area contributed by atoms with E-state index < -0.39 is 11.6 Å². The Morgan fingerprint density at radius 1 is 1.13 bits per heavy atom. The van der Waals surface area contributed by atoms with Crippen molar-refractivity contribution in [3.05, 3.63) is 59.7 Å². The lowest BCUT2D eigenvalue weighted by atomic mass is 9.99. The Balaban J connectivity index is 1.56. The number of rotatable bonds is 6. The zero-order valence-electron chi connectivity index (χ0n) is 17.2. The van der Waals surface area contributed by atoms with Crippen molar-refractivity contribution in [1.29, 1.82) is 0 Å². The fourth-order valence-corrected chi connectivity index (χ4v) is 3.57. The van der Waals surface area contributed by atoms with Crippen LogP contribution in [-0.4, -0.2) is 59.3 Å². The molecule has 0 radical (unpaired) electrons. The summed E-state index contributed by atoms with van der Waals surface area (Å²) >= 11 is 0. The minimum atomic E-state index is -0.635. The summed E-state index contributed by atoms with van der Waals surface area (Å²) in [4.78, 5) is 16.4. The van der Waals surface area contributed by atoms with Gasteiger partial charge in [0.05, 0.1) is 6.61 Å². The molecule has 0 spiro atoms. The predicted octanol–water partition coefficient (Wildman–Crippen LogP) is 3.36. The molecule has 0 aliphatic carbocycles. The van der Waals surface area contributed by atoms with E-state index in [-0.39, 0.29) is 36.2 Å². The number of nitrogens with zero attached hydrogens (tertiary/aromatic N) is 2. The lowest BCUT2D eigenvalue weighted by molar-refractivity contribution is 0.0243. The molecule has 30 heavy (non-hydrogen) atoms. The topological polar surface area (TPSA) is 65.0 Å². The van der Waals surface area contributed by atoms with Gasteiger partial charge in [0.1, 0.15) is 0 Å². The SMILES string of the molecule is CC1(C)CN(C(=O)NCc2ccc(Oc3ccccc3F)c(F)c2)CCN1CCO. The number of carbonyl (C=O) groups is 1. The number of hydrogen-bond donors (Lipinski definition) is 2. The highest BCUT2D eigenvalue weighted by Crippen LogP contribution is 2.27. The molecule has 1 aliphatic rings. The number of aliphatic hydroxyl groups is 1. The quantitative estimate of drug-likeness (QED) is 0.754. The number of ether oxygens (including phenoxy) is 1. The van der Waals surface area contributed by atoms with Gasteiger partial charge in [0.2, 0.25) is 0 Å². The molecule has 3 rings (SSSR count). The molecule has 6 nitrogen and oxygen atoms in total. The van der Waals surface area contributed by atoms with Crippen LogP contribution in [0.3, 0.4) is 0 Å². The number of urea groups is 1. The third kappa shape index (κ3) is 5.25. The summed E-state index contributed by atoms with van der Waals surface area (Å²) in [5, 5.41) is 12.0. The normalized spacial score (nSPS) is 16.4. The average Bonchev–Trinajstić information content (AvgIpc) is 2.71. The Hall–Kier alpha value is -2.71. The molecule has 0 atom stereocenters. The van der Waals surface area contributed by atoms with E-state index in [9.17, 15) is 18.7 Å². The van der Waals surface area contributed by atoms with Crippen molar-refractivity contribution in [2.45, 2.75) is 25.9 Å². The van der Waals surface area contributed by atoms with Crippen molar-refractivity contribution in [3.8, 4) is 11.5 Å². The third-order valence-electron chi connectivity index (χ3n) is 5.23. The van der Waals surface area contributed by atoms with Crippen LogP contribution < -0.4 is 10.1 Å². The molecule has 2 aromatic rings. The van der Waals surface area contributed by atoms with E-state index in [2.05, 4.69) is 10.2 Å². The van der Waals surface area contributed by atoms with Crippen LogP contribution in [0.25, 0.3) is 0 Å². The summed E-state index contributed by atoms with van der Waals surface area (Å²) in [6.45, 7) is 6.64. The molecule has 2 amide bonds. The highest BCUT2D eigenvalue weighted by molar-refractivity contribution is 5.74. The molecule has 1 fully saturated rings. The number of hydrogen-bond acceptors (Lipinski definition) is 4. The van der Waals surface area contributed by atoms with Gasteiger partial charge >= 0.3 is 6.03 Å². The Morgan fingerprint density at radius 3 is 2.53 bits per heavy atom. The summed E-state index contributed by atoms with van der Waals surface area (Å²) in [6, 6.07) is 9.87. The van der Waals surface area contributed by atoms with Crippen LogP contribution in [-0.2, 0) is 6.54 Å². The van der Waals surface area contributed by atoms with Crippen LogP contribution >= 0.6 is 0 Å². The Labute approximate surface area is 175 Å². The van der Waals surface area contributed by atoms with Gasteiger partial charge in [-0.05, 0) is 43.7 Å². The molecule has 0 unspecified atom stereocenters. The minimum absolute atomic E-state index is 0.0552. The van der Waals surface area contributed by atoms with Gasteiger partial charge < -0.3 is 20.1 Å². The number of amides is 2. The fraction of sp³-hybridized carbons (Fsp3) is 0.409. The predicted molar refractivity (Wildman–Crippen MR) is 109 cm³/mol. The van der Waals surface area contributed by atoms with Crippen molar-refractivity contribution in [1.82, 2.24) is 15.1 Å². The standard InChI is InChI=1S/C22H27F2N3O3/c1-22(2)15-26(9-10-27(22)11-12-28)21(29)25-14-16-7-8-20(18(24)13-16)30-19-6-4-3-5-17(19)23/h3-8,13,28H,9-12,14-15H2,1-2H3,(H,25,29). The van der Waals surface area contributed by atoms with E-state index in [0.29, 0.717) is 31.7 Å². The third-order valence-corrected chi connectivity index (χ3v) is 5.23. The lowest BCUT2D eigenvalue weighted by Crippen LogP contribution is -2.62. The molecule has 0 saturated carbocycles. The van der Waals surface area contributed by atoms with Gasteiger partial charge in [-0.3, -0.25) is 4.90 Å². The maximum atomic E-state index is 14.4. The first-order valence-electron chi connectivity index (χ1n) is 9.89. The van der Waals surface area contributed by atoms with Crippen LogP contribution in [0.2, 0.25) is 0 Å². The second kappa shape index (κ2) is 9.40. The van der Waals surface area contributed by atoms with E-state index in [4.69, 9.17) is 4.74 Å². The van der Waals surface area contributed by atoms with Crippen LogP contribution in [0, 0.1) is 11.6 Å². The monoisotopic (exact) mass is 419 g/mol. The van der Waals surface area contributed by atoms with Gasteiger partial charge in [-0.2, -0.15) is 0 Å². The molecule has 1 heterocycles. The molecule has 8 heteroatoms. The van der Waals surface area contributed by atoms with Crippen LogP contribution in [0.5, 0.6) is 11.5 Å². The molecule has 1 aliphatic heterocycles. The maximum absolute atomic E-state index is 14.4. The van der Waals surface area contributed by atoms with E-state index in [1.807, 2.05) is 13.8 Å². The second-order valence-corrected chi connectivity index (χ2v) is 7.90. The largest absolute Gasteiger partial charge is 0.451 e. The molecule has 0 aromatic heterocycles. The summed E-state index contributed by atoms with van der Waals surface area (Å²) in [7, 11) is 0. The van der Waals surface area contributed by atoms with E-state index in [1.54, 1.807) is 17.0 Å². The second-order valence-electron chi connectivity index (χ2n) is 7.90. The Bertz CT molecular complexity index is 892. The van der Waals surface area contributed by atoms with E-state index in [1.165, 1.54) is 30.3 Å². The summed E-state index contributed by atoms with van der Waals surface area (Å²) in [5.74, 6) is -1.35. The number of para-hydroxylation sites is 1. The minimum Gasteiger partial charge on any atom is -0.451 e. The molecular formula is C22H27F2N3O3. The van der Waals surface area contributed by atoms with Crippen molar-refractivity contribution in [2.24, 2.45) is 0 Å². The van der Waals surface area contributed by atoms with E-state index >= 15 is 0 Å². The smallest absolute Gasteiger partial charge is 0.317 e. The molecule has 1 saturated heterocycles. The number of nitrogens with one attached hydrogen (secondary N) is 1. The molecule has 0 bridgehead atoms. The maximum Gasteiger partial charge on any atom is 0.317 e. The zero-order valence-corrected chi connectivity index (χ0v) is 17.2. The highest BCUT2D eigenvalue weighted by atomic mass is 19.1. The molecule has 2 N–H and O–H groups in total. The Morgan fingerprint density at radius 2 is 1.87 bits per heavy atom. The van der Waals surface area contributed by atoms with Crippen molar-refractivity contribution < 1.29 is 23.4 Å². The number of benzene rings is 2. The number of β-amino-alcohol motifs (C(OH)–C–C–N with tert-alkyl or cyclic N) is 1. The fourth-order valence-electron chi connectivity index (χ4n) is 3.57. The van der Waals surface area contributed by atoms with Crippen LogP contribution in [0.4, 0.5) is 13.6 Å². The van der Waals surface area contributed by atoms with Gasteiger partial charge in [-0.15, -0.1) is 0 Å². The summed E-state index contributed by atoms with van der Waals surface area (Å²) in [6.07, 6.45) is 0. The summed E-state index contributed by atoms with van der Waals surface area (Å²) in [5.41, 5.74) is 0.329. The zero-order chi connectivity index (χ0) is 21.7. The lowest BCUT2D eigenvalue weighted by Gasteiger charge is -2.46. The number of halogens is 2. The average molecular weight is 419 g/mol. The van der Waals surface area contributed by atoms with Gasteiger partial charge in [0.15, 0.2) is 23.1 Å². The molecule has 162 valence electrons. The first-order chi connectivity index (χ1) is 14.3. The number of aliphatic hydroxyl groups excluding tert-OH is 1. The number of piperazine rings is 1. The van der Waals surface area contributed by atoms with Crippen molar-refractivity contribution in [3.63, 3.8) is 0 Å². The first kappa shape index (κ1) is 22.0. The van der Waals surface area contributed by atoms with Gasteiger partial charge in [-0.1, -0.05) is 18.2 Å². The Kier molecular flexibility index (Phi) is 6.89. The first-order valence-corrected chi connectivity index (χ1v) is 9.89. The van der Waals surface area contributed by atoms with E-state index in [0.717, 1.165) is 0 Å². The van der Waals surface area contributed by atoms with Crippen molar-refractivity contribution >= 4 is 6.03 Å². The van der Waals surface area contributed by atoms with Crippen molar-refractivity contribution in [2.75, 3.05) is 32.8 Å². The summed E-state index contributed by atoms with van der Waals surface area (Å²) < 4.78 is 33.3. The van der Waals surface area contributed by atoms with Crippen LogP contribution in [0.15, 0.2) is 42.5 Å². The van der Waals surface area contributed by atoms with Gasteiger partial charge in [0, 0.05) is 38.3 Å². The van der Waals surface area contributed by atoms with Gasteiger partial charge in [-0.25, -0.2) is 13.6 Å². The molecular weight excluding hydrogens is 392 g/mol. The van der Waals surface area contributed by atoms with Crippen LogP contribution in [0.1, 0.15) is 19.4 Å². The highest BCUT2D eigenvalue weighted by Gasteiger charge is 2.35. The molecule has 2 aromatic carbocycles. The number of carbonyl (C=O) groups excluding carboxylic acids is 1. The van der Waals surface area contributed by atoms with Gasteiger partial charge in [0.25, 0.3) is 0 Å².